The van der Waals surface area contributed by atoms with Gasteiger partial charge in [-0.25, -0.2) is 0 Å². The molecule has 7 heavy (non-hydrogen) atoms. The molecule has 0 saturated heterocycles. The molecule has 3 heteroatoms. The highest BCUT2D eigenvalue weighted by atomic mass is 14.9. The summed E-state index contributed by atoms with van der Waals surface area (Å²) in [6.07, 6.45) is 0. The van der Waals surface area contributed by atoms with Crippen LogP contribution in [-0.2, 0) is 0 Å². The smallest absolute Gasteiger partial charge is 0.0289 e. The van der Waals surface area contributed by atoms with E-state index in [2.05, 4.69) is 5.32 Å². The molecule has 0 aromatic heterocycles. The molecule has 5 N–H and O–H groups in total. The number of nitrogens with two attached hydrogens (primary N) is 2. The van der Waals surface area contributed by atoms with Crippen molar-refractivity contribution in [2.24, 2.45) is 11.5 Å². The van der Waals surface area contributed by atoms with Crippen LogP contribution < -0.4 is 16.8 Å². The van der Waals surface area contributed by atoms with E-state index in [0.29, 0.717) is 6.54 Å². The van der Waals surface area contributed by atoms with Gasteiger partial charge in [0.25, 0.3) is 0 Å². The molecular weight excluding hydrogens is 90.1 g/mol. The highest BCUT2D eigenvalue weighted by Crippen LogP contribution is 1.64. The molecule has 0 spiro atoms. The van der Waals surface area contributed by atoms with Crippen molar-refractivity contribution in [1.29, 1.82) is 0 Å². The Kier molecular flexibility index (Phi) is 3.98. The number of likely N-dealkylation sites (N-methyl/N-ethyl adjacent to an activating group) is 1. The first-order valence-electron chi connectivity index (χ1n) is 2.41. The van der Waals surface area contributed by atoms with E-state index in [0.717, 1.165) is 6.54 Å². The van der Waals surface area contributed by atoms with E-state index in [9.17, 15) is 0 Å². The molecule has 0 aromatic rings. The van der Waals surface area contributed by atoms with E-state index in [-0.39, 0.29) is 6.04 Å². The van der Waals surface area contributed by atoms with Gasteiger partial charge in [0.05, 0.1) is 0 Å². The van der Waals surface area contributed by atoms with Crippen molar-refractivity contribution in [3.63, 3.8) is 0 Å². The Labute approximate surface area is 44.1 Å². The molecule has 44 valence electrons. The Balaban J connectivity index is 2.83. The van der Waals surface area contributed by atoms with Gasteiger partial charge in [0, 0.05) is 19.1 Å². The van der Waals surface area contributed by atoms with Crippen molar-refractivity contribution < 1.29 is 0 Å². The van der Waals surface area contributed by atoms with Crippen molar-refractivity contribution in [2.75, 3.05) is 20.1 Å². The van der Waals surface area contributed by atoms with Gasteiger partial charge in [-0.15, -0.1) is 0 Å². The summed E-state index contributed by atoms with van der Waals surface area (Å²) in [5.41, 5.74) is 10.6. The average molecular weight is 103 g/mol. The second kappa shape index (κ2) is 4.05. The van der Waals surface area contributed by atoms with Gasteiger partial charge >= 0.3 is 0 Å². The van der Waals surface area contributed by atoms with Crippen LogP contribution in [-0.4, -0.2) is 26.2 Å². The molecule has 3 nitrogen and oxygen atoms in total. The third-order valence-electron chi connectivity index (χ3n) is 0.769. The first-order chi connectivity index (χ1) is 3.31. The molecule has 0 rings (SSSR count). The zero-order valence-electron chi connectivity index (χ0n) is 4.65. The van der Waals surface area contributed by atoms with Gasteiger partial charge in [0.1, 0.15) is 0 Å². The number of nitrogens with one attached hydrogen (secondary N) is 1. The zero-order chi connectivity index (χ0) is 5.70. The second-order valence-corrected chi connectivity index (χ2v) is 1.55. The summed E-state index contributed by atoms with van der Waals surface area (Å²) < 4.78 is 0. The van der Waals surface area contributed by atoms with E-state index in [1.807, 2.05) is 7.05 Å². The molecule has 0 unspecified atom stereocenters. The summed E-state index contributed by atoms with van der Waals surface area (Å²) in [6.45, 7) is 1.36. The van der Waals surface area contributed by atoms with Crippen LogP contribution in [0.4, 0.5) is 0 Å². The minimum atomic E-state index is 0.116. The third-order valence-corrected chi connectivity index (χ3v) is 0.769. The fraction of sp³-hybridized carbons (Fsp3) is 1.00. The van der Waals surface area contributed by atoms with Gasteiger partial charge in [-0.1, -0.05) is 0 Å². The molecule has 0 amide bonds. The van der Waals surface area contributed by atoms with E-state index in [4.69, 9.17) is 11.5 Å². The minimum Gasteiger partial charge on any atom is -0.329 e. The second-order valence-electron chi connectivity index (χ2n) is 1.55. The summed E-state index contributed by atoms with van der Waals surface area (Å²) >= 11 is 0. The fourth-order valence-electron chi connectivity index (χ4n) is 0.346. The Morgan fingerprint density at radius 1 is 1.71 bits per heavy atom. The average Bonchev–Trinajstić information content (AvgIpc) is 1.68. The zero-order valence-corrected chi connectivity index (χ0v) is 4.65. The first kappa shape index (κ1) is 6.88. The van der Waals surface area contributed by atoms with Crippen molar-refractivity contribution >= 4 is 0 Å². The minimum absolute atomic E-state index is 0.116. The lowest BCUT2D eigenvalue weighted by molar-refractivity contribution is 0.627. The Bertz CT molecular complexity index is 37.9. The number of rotatable bonds is 3. The van der Waals surface area contributed by atoms with E-state index in [1.54, 1.807) is 0 Å². The molecular formula is C4H13N3. The largest absolute Gasteiger partial charge is 0.329 e. The van der Waals surface area contributed by atoms with Crippen LogP contribution in [0, 0.1) is 0 Å². The van der Waals surface area contributed by atoms with Crippen molar-refractivity contribution in [3.8, 4) is 0 Å². The Morgan fingerprint density at radius 2 is 2.29 bits per heavy atom. The maximum atomic E-state index is 5.40. The fourth-order valence-corrected chi connectivity index (χ4v) is 0.346. The lowest BCUT2D eigenvalue weighted by atomic mass is 10.3. The van der Waals surface area contributed by atoms with Crippen LogP contribution in [0.2, 0.25) is 0 Å². The van der Waals surface area contributed by atoms with E-state index >= 15 is 0 Å². The Hall–Kier alpha value is -0.120. The Morgan fingerprint density at radius 3 is 2.43 bits per heavy atom. The highest BCUT2D eigenvalue weighted by Gasteiger charge is 1.92. The molecule has 1 atom stereocenters. The van der Waals surface area contributed by atoms with Gasteiger partial charge in [-0.3, -0.25) is 0 Å². The molecule has 0 radical (unpaired) electrons. The number of hydrogen-bond acceptors (Lipinski definition) is 3. The maximum Gasteiger partial charge on any atom is 0.0289 e. The normalized spacial score (nSPS) is 14.1. The van der Waals surface area contributed by atoms with Crippen molar-refractivity contribution in [1.82, 2.24) is 5.32 Å². The number of hydrogen-bond donors (Lipinski definition) is 3. The van der Waals surface area contributed by atoms with Gasteiger partial charge < -0.3 is 16.8 Å². The predicted molar refractivity (Wildman–Crippen MR) is 31.0 cm³/mol. The van der Waals surface area contributed by atoms with Crippen LogP contribution >= 0.6 is 0 Å². The van der Waals surface area contributed by atoms with E-state index in [1.165, 1.54) is 0 Å². The molecule has 0 saturated carbocycles. The third kappa shape index (κ3) is 3.72. The van der Waals surface area contributed by atoms with Crippen LogP contribution in [0.1, 0.15) is 0 Å². The van der Waals surface area contributed by atoms with Gasteiger partial charge in [0.2, 0.25) is 0 Å². The predicted octanol–water partition coefficient (Wildman–Crippen LogP) is -1.51. The van der Waals surface area contributed by atoms with Crippen LogP contribution in [0.3, 0.4) is 0 Å². The van der Waals surface area contributed by atoms with Crippen LogP contribution in [0.15, 0.2) is 0 Å². The lowest BCUT2D eigenvalue weighted by Crippen LogP contribution is -2.38. The van der Waals surface area contributed by atoms with Gasteiger partial charge in [-0.2, -0.15) is 0 Å². The maximum absolute atomic E-state index is 5.40. The topological polar surface area (TPSA) is 64.1 Å². The SMILES string of the molecule is CNC[C@H](N)CN. The van der Waals surface area contributed by atoms with Crippen molar-refractivity contribution in [3.05, 3.63) is 0 Å². The van der Waals surface area contributed by atoms with Crippen LogP contribution in [0.5, 0.6) is 0 Å². The summed E-state index contributed by atoms with van der Waals surface area (Å²) in [5.74, 6) is 0. The first-order valence-corrected chi connectivity index (χ1v) is 2.41. The summed E-state index contributed by atoms with van der Waals surface area (Å²) in [5, 5.41) is 2.91. The van der Waals surface area contributed by atoms with Crippen molar-refractivity contribution in [2.45, 2.75) is 6.04 Å². The highest BCUT2D eigenvalue weighted by molar-refractivity contribution is 4.61. The molecule has 0 aliphatic heterocycles. The summed E-state index contributed by atoms with van der Waals surface area (Å²) in [4.78, 5) is 0. The molecule has 0 aliphatic carbocycles. The van der Waals surface area contributed by atoms with Gasteiger partial charge in [-0.05, 0) is 7.05 Å². The van der Waals surface area contributed by atoms with Crippen LogP contribution in [0.25, 0.3) is 0 Å². The van der Waals surface area contributed by atoms with Gasteiger partial charge in [0.15, 0.2) is 0 Å². The molecule has 0 aromatic carbocycles. The quantitative estimate of drug-likeness (QED) is 0.407. The molecule has 0 heterocycles. The monoisotopic (exact) mass is 103 g/mol. The molecule has 0 fully saturated rings. The molecule has 0 bridgehead atoms. The lowest BCUT2D eigenvalue weighted by Gasteiger charge is -2.04. The van der Waals surface area contributed by atoms with E-state index < -0.39 is 0 Å². The summed E-state index contributed by atoms with van der Waals surface area (Å²) in [6, 6.07) is 0.116. The summed E-state index contributed by atoms with van der Waals surface area (Å²) in [7, 11) is 1.86. The standard InChI is InChI=1S/C4H13N3/c1-7-3-4(6)2-5/h4,7H,2-3,5-6H2,1H3/t4-/m1/s1. The molecule has 0 aliphatic rings.